The standard InChI is InChI=1S/C11H20N4O3S/c16-10-11-2-7-15(8-3-11)19(17,18)13-5-9-14-6-1-4-12-14/h1,4,6,11,13,16H,2-3,5,7-10H2. The Labute approximate surface area is 113 Å². The summed E-state index contributed by atoms with van der Waals surface area (Å²) < 4.78 is 29.8. The van der Waals surface area contributed by atoms with Crippen molar-refractivity contribution in [1.29, 1.82) is 0 Å². The molecule has 0 radical (unpaired) electrons. The van der Waals surface area contributed by atoms with Crippen LogP contribution in [0.1, 0.15) is 12.8 Å². The summed E-state index contributed by atoms with van der Waals surface area (Å²) in [4.78, 5) is 0. The van der Waals surface area contributed by atoms with Crippen LogP contribution in [0.25, 0.3) is 0 Å². The SMILES string of the molecule is O=S(=O)(NCCn1cccn1)N1CCC(CO)CC1. The molecule has 1 aliphatic rings. The fourth-order valence-electron chi connectivity index (χ4n) is 2.15. The summed E-state index contributed by atoms with van der Waals surface area (Å²) in [5, 5.41) is 13.0. The van der Waals surface area contributed by atoms with Crippen molar-refractivity contribution in [3.8, 4) is 0 Å². The van der Waals surface area contributed by atoms with Gasteiger partial charge in [0.15, 0.2) is 0 Å². The van der Waals surface area contributed by atoms with E-state index in [-0.39, 0.29) is 12.5 Å². The number of aromatic nitrogens is 2. The zero-order valence-corrected chi connectivity index (χ0v) is 11.6. The lowest BCUT2D eigenvalue weighted by molar-refractivity contribution is 0.169. The molecule has 0 aliphatic carbocycles. The first kappa shape index (κ1) is 14.4. The van der Waals surface area contributed by atoms with Gasteiger partial charge in [-0.15, -0.1) is 0 Å². The van der Waals surface area contributed by atoms with Crippen molar-refractivity contribution in [1.82, 2.24) is 18.8 Å². The molecule has 0 bridgehead atoms. The molecule has 1 aliphatic heterocycles. The summed E-state index contributed by atoms with van der Waals surface area (Å²) in [5.74, 6) is 0.232. The Bertz CT molecular complexity index is 466. The zero-order valence-electron chi connectivity index (χ0n) is 10.8. The Morgan fingerprint density at radius 1 is 1.37 bits per heavy atom. The highest BCUT2D eigenvalue weighted by molar-refractivity contribution is 7.87. The van der Waals surface area contributed by atoms with Gasteiger partial charge in [0.2, 0.25) is 0 Å². The smallest absolute Gasteiger partial charge is 0.279 e. The highest BCUT2D eigenvalue weighted by atomic mass is 32.2. The quantitative estimate of drug-likeness (QED) is 0.733. The first-order valence-corrected chi connectivity index (χ1v) is 7.89. The van der Waals surface area contributed by atoms with Gasteiger partial charge < -0.3 is 5.11 Å². The fraction of sp³-hybridized carbons (Fsp3) is 0.727. The monoisotopic (exact) mass is 288 g/mol. The van der Waals surface area contributed by atoms with Gasteiger partial charge >= 0.3 is 0 Å². The molecule has 0 aromatic carbocycles. The van der Waals surface area contributed by atoms with Gasteiger partial charge in [0.05, 0.1) is 6.54 Å². The van der Waals surface area contributed by atoms with Gasteiger partial charge in [0.1, 0.15) is 0 Å². The molecule has 7 nitrogen and oxygen atoms in total. The number of rotatable bonds is 6. The van der Waals surface area contributed by atoms with Crippen LogP contribution in [-0.2, 0) is 16.8 Å². The molecule has 2 rings (SSSR count). The number of nitrogens with zero attached hydrogens (tertiary/aromatic N) is 3. The molecular weight excluding hydrogens is 268 g/mol. The van der Waals surface area contributed by atoms with Gasteiger partial charge in [-0.25, -0.2) is 4.72 Å². The predicted molar refractivity (Wildman–Crippen MR) is 70.5 cm³/mol. The van der Waals surface area contributed by atoms with E-state index in [9.17, 15) is 8.42 Å². The van der Waals surface area contributed by atoms with Crippen molar-refractivity contribution < 1.29 is 13.5 Å². The van der Waals surface area contributed by atoms with E-state index in [1.165, 1.54) is 4.31 Å². The molecule has 0 saturated carbocycles. The second-order valence-corrected chi connectivity index (χ2v) is 6.45. The average molecular weight is 288 g/mol. The van der Waals surface area contributed by atoms with Crippen molar-refractivity contribution in [2.45, 2.75) is 19.4 Å². The van der Waals surface area contributed by atoms with E-state index in [1.54, 1.807) is 23.1 Å². The maximum absolute atomic E-state index is 12.0. The Balaban J connectivity index is 1.78. The Kier molecular flexibility index (Phi) is 4.92. The normalized spacial score (nSPS) is 18.8. The van der Waals surface area contributed by atoms with Crippen LogP contribution in [0, 0.1) is 5.92 Å². The number of hydrogen-bond acceptors (Lipinski definition) is 4. The third-order valence-electron chi connectivity index (χ3n) is 3.36. The first-order chi connectivity index (χ1) is 9.12. The lowest BCUT2D eigenvalue weighted by Crippen LogP contribution is -2.46. The Hall–Kier alpha value is -0.960. The van der Waals surface area contributed by atoms with E-state index in [0.29, 0.717) is 26.2 Å². The van der Waals surface area contributed by atoms with E-state index < -0.39 is 10.2 Å². The maximum Gasteiger partial charge on any atom is 0.279 e. The van der Waals surface area contributed by atoms with Crippen LogP contribution in [0.15, 0.2) is 18.5 Å². The average Bonchev–Trinajstić information content (AvgIpc) is 2.92. The molecule has 0 atom stereocenters. The summed E-state index contributed by atoms with van der Waals surface area (Å²) in [7, 11) is -3.41. The molecule has 0 spiro atoms. The third kappa shape index (κ3) is 4.00. The first-order valence-electron chi connectivity index (χ1n) is 6.45. The number of hydrogen-bond donors (Lipinski definition) is 2. The van der Waals surface area contributed by atoms with Crippen molar-refractivity contribution in [3.05, 3.63) is 18.5 Å². The zero-order chi connectivity index (χ0) is 13.7. The van der Waals surface area contributed by atoms with Crippen LogP contribution in [0.4, 0.5) is 0 Å². The molecule has 1 fully saturated rings. The van der Waals surface area contributed by atoms with Gasteiger partial charge in [-0.05, 0) is 24.8 Å². The number of nitrogens with one attached hydrogen (secondary N) is 1. The van der Waals surface area contributed by atoms with Crippen LogP contribution in [-0.4, -0.2) is 53.9 Å². The Morgan fingerprint density at radius 2 is 2.11 bits per heavy atom. The minimum absolute atomic E-state index is 0.139. The van der Waals surface area contributed by atoms with Gasteiger partial charge in [-0.2, -0.15) is 17.8 Å². The second kappa shape index (κ2) is 6.47. The molecule has 1 saturated heterocycles. The van der Waals surface area contributed by atoms with Crippen LogP contribution < -0.4 is 4.72 Å². The number of aliphatic hydroxyl groups excluding tert-OH is 1. The molecule has 8 heteroatoms. The van der Waals surface area contributed by atoms with Gasteiger partial charge in [-0.1, -0.05) is 0 Å². The lowest BCUT2D eigenvalue weighted by Gasteiger charge is -2.30. The maximum atomic E-state index is 12.0. The molecule has 0 unspecified atom stereocenters. The van der Waals surface area contributed by atoms with Crippen LogP contribution in [0.5, 0.6) is 0 Å². The lowest BCUT2D eigenvalue weighted by atomic mass is 10.00. The van der Waals surface area contributed by atoms with Crippen LogP contribution >= 0.6 is 0 Å². The molecule has 2 N–H and O–H groups in total. The van der Waals surface area contributed by atoms with Crippen LogP contribution in [0.3, 0.4) is 0 Å². The van der Waals surface area contributed by atoms with E-state index in [0.717, 1.165) is 12.8 Å². The summed E-state index contributed by atoms with van der Waals surface area (Å²) in [5.41, 5.74) is 0. The summed E-state index contributed by atoms with van der Waals surface area (Å²) in [6.07, 6.45) is 4.89. The summed E-state index contributed by atoms with van der Waals surface area (Å²) >= 11 is 0. The molecule has 108 valence electrons. The molecule has 1 aromatic rings. The van der Waals surface area contributed by atoms with Crippen molar-refractivity contribution >= 4 is 10.2 Å². The molecule has 2 heterocycles. The van der Waals surface area contributed by atoms with Crippen molar-refractivity contribution in [3.63, 3.8) is 0 Å². The van der Waals surface area contributed by atoms with E-state index in [1.807, 2.05) is 0 Å². The topological polar surface area (TPSA) is 87.5 Å². The molecule has 19 heavy (non-hydrogen) atoms. The summed E-state index contributed by atoms with van der Waals surface area (Å²) in [6, 6.07) is 1.80. The highest BCUT2D eigenvalue weighted by Gasteiger charge is 2.27. The highest BCUT2D eigenvalue weighted by Crippen LogP contribution is 2.18. The number of piperidine rings is 1. The largest absolute Gasteiger partial charge is 0.396 e. The molecule has 0 amide bonds. The summed E-state index contributed by atoms with van der Waals surface area (Å²) in [6.45, 7) is 1.93. The molecular formula is C11H20N4O3S. The van der Waals surface area contributed by atoms with Gasteiger partial charge in [-0.3, -0.25) is 4.68 Å². The van der Waals surface area contributed by atoms with E-state index in [4.69, 9.17) is 5.11 Å². The van der Waals surface area contributed by atoms with Crippen LogP contribution in [0.2, 0.25) is 0 Å². The van der Waals surface area contributed by atoms with E-state index >= 15 is 0 Å². The van der Waals surface area contributed by atoms with Crippen molar-refractivity contribution in [2.24, 2.45) is 5.92 Å². The van der Waals surface area contributed by atoms with E-state index in [2.05, 4.69) is 9.82 Å². The predicted octanol–water partition coefficient (Wildman–Crippen LogP) is -0.578. The van der Waals surface area contributed by atoms with Crippen molar-refractivity contribution in [2.75, 3.05) is 26.2 Å². The molecule has 1 aromatic heterocycles. The Morgan fingerprint density at radius 3 is 2.68 bits per heavy atom. The number of aliphatic hydroxyl groups is 1. The minimum atomic E-state index is -3.41. The fourth-order valence-corrected chi connectivity index (χ4v) is 3.37. The minimum Gasteiger partial charge on any atom is -0.396 e. The van der Waals surface area contributed by atoms with Gasteiger partial charge in [0.25, 0.3) is 10.2 Å². The third-order valence-corrected chi connectivity index (χ3v) is 4.97. The van der Waals surface area contributed by atoms with Gasteiger partial charge in [0, 0.05) is 38.6 Å². The second-order valence-electron chi connectivity index (χ2n) is 4.69.